The summed E-state index contributed by atoms with van der Waals surface area (Å²) in [6, 6.07) is 0. The lowest BCUT2D eigenvalue weighted by atomic mass is 10.1. The zero-order chi connectivity index (χ0) is 15.4. The van der Waals surface area contributed by atoms with Crippen molar-refractivity contribution < 1.29 is 4.79 Å². The maximum Gasteiger partial charge on any atom is 0.234 e. The molecule has 21 heavy (non-hydrogen) atoms. The second-order valence-electron chi connectivity index (χ2n) is 5.91. The summed E-state index contributed by atoms with van der Waals surface area (Å²) >= 11 is 0. The molecule has 0 fully saturated rings. The van der Waals surface area contributed by atoms with Gasteiger partial charge in [0.1, 0.15) is 0 Å². The lowest BCUT2D eigenvalue weighted by Gasteiger charge is -1.99. The van der Waals surface area contributed by atoms with Crippen LogP contribution in [0.5, 0.6) is 0 Å². The van der Waals surface area contributed by atoms with Gasteiger partial charge in [-0.15, -0.1) is 0 Å². The average molecular weight is 293 g/mol. The minimum Gasteiger partial charge on any atom is -0.211 e. The van der Waals surface area contributed by atoms with Gasteiger partial charge in [0.05, 0.1) is 6.54 Å². The Labute approximate surface area is 132 Å². The van der Waals surface area contributed by atoms with Crippen LogP contribution in [0, 0.1) is 0 Å². The molecule has 0 aromatic rings. The first-order valence-corrected chi connectivity index (χ1v) is 9.10. The normalized spacial score (nSPS) is 10.9. The van der Waals surface area contributed by atoms with E-state index in [1.165, 1.54) is 83.5 Å². The molecule has 0 bridgehead atoms. The van der Waals surface area contributed by atoms with Crippen molar-refractivity contribution in [1.82, 2.24) is 0 Å². The lowest BCUT2D eigenvalue weighted by molar-refractivity contribution is 0.559. The Bertz CT molecular complexity index is 267. The van der Waals surface area contributed by atoms with Gasteiger partial charge in [0.25, 0.3) is 0 Å². The molecule has 0 aliphatic heterocycles. The van der Waals surface area contributed by atoms with E-state index < -0.39 is 0 Å². The fourth-order valence-corrected chi connectivity index (χ4v) is 2.48. The highest BCUT2D eigenvalue weighted by atomic mass is 16.1. The summed E-state index contributed by atoms with van der Waals surface area (Å²) in [5, 5.41) is 0. The number of rotatable bonds is 16. The maximum atomic E-state index is 9.87. The minimum absolute atomic E-state index is 0.657. The fourth-order valence-electron chi connectivity index (χ4n) is 2.48. The van der Waals surface area contributed by atoms with Gasteiger partial charge >= 0.3 is 0 Å². The van der Waals surface area contributed by atoms with Gasteiger partial charge in [-0.2, -0.15) is 0 Å². The summed E-state index contributed by atoms with van der Waals surface area (Å²) in [5.41, 5.74) is 0. The topological polar surface area (TPSA) is 29.4 Å². The van der Waals surface area contributed by atoms with Crippen molar-refractivity contribution in [3.63, 3.8) is 0 Å². The molecule has 0 heterocycles. The standard InChI is InChI=1S/C19H35NO/c1-2-3-4-5-6-7-8-9-10-11-12-13-14-15-16-17-18-20-19-21/h9-10H,2-8,11-18H2,1H3/b10-9+. The summed E-state index contributed by atoms with van der Waals surface area (Å²) in [4.78, 5) is 13.4. The van der Waals surface area contributed by atoms with Gasteiger partial charge in [-0.3, -0.25) is 0 Å². The number of carbonyl (C=O) groups excluding carboxylic acids is 1. The van der Waals surface area contributed by atoms with Crippen molar-refractivity contribution in [2.24, 2.45) is 4.99 Å². The van der Waals surface area contributed by atoms with Crippen LogP contribution in [0.15, 0.2) is 17.1 Å². The summed E-state index contributed by atoms with van der Waals surface area (Å²) in [6.07, 6.45) is 24.6. The van der Waals surface area contributed by atoms with Crippen molar-refractivity contribution in [3.8, 4) is 0 Å². The van der Waals surface area contributed by atoms with Crippen LogP contribution in [0.4, 0.5) is 0 Å². The Balaban J connectivity index is 3.06. The van der Waals surface area contributed by atoms with Gasteiger partial charge in [0, 0.05) is 0 Å². The van der Waals surface area contributed by atoms with Gasteiger partial charge < -0.3 is 0 Å². The molecule has 0 radical (unpaired) electrons. The molecule has 0 saturated carbocycles. The summed E-state index contributed by atoms with van der Waals surface area (Å²) in [7, 11) is 0. The van der Waals surface area contributed by atoms with Gasteiger partial charge in [-0.1, -0.05) is 76.9 Å². The van der Waals surface area contributed by atoms with Crippen LogP contribution in [0.3, 0.4) is 0 Å². The molecule has 0 aromatic heterocycles. The first kappa shape index (κ1) is 20.1. The Hall–Kier alpha value is -0.880. The molecule has 0 aromatic carbocycles. The number of isocyanates is 1. The number of nitrogens with zero attached hydrogens (tertiary/aromatic N) is 1. The number of hydrogen-bond donors (Lipinski definition) is 0. The molecule has 122 valence electrons. The molecule has 2 heteroatoms. The summed E-state index contributed by atoms with van der Waals surface area (Å²) in [5.74, 6) is 0. The molecule has 0 aliphatic carbocycles. The Morgan fingerprint density at radius 1 is 0.714 bits per heavy atom. The highest BCUT2D eigenvalue weighted by Crippen LogP contribution is 2.09. The van der Waals surface area contributed by atoms with Crippen LogP contribution >= 0.6 is 0 Å². The summed E-state index contributed by atoms with van der Waals surface area (Å²) < 4.78 is 0. The first-order chi connectivity index (χ1) is 10.4. The zero-order valence-electron chi connectivity index (χ0n) is 14.1. The molecule has 0 amide bonds. The molecular weight excluding hydrogens is 258 g/mol. The van der Waals surface area contributed by atoms with Crippen LogP contribution < -0.4 is 0 Å². The largest absolute Gasteiger partial charge is 0.234 e. The van der Waals surface area contributed by atoms with E-state index in [4.69, 9.17) is 0 Å². The third-order valence-corrected chi connectivity index (χ3v) is 3.85. The third kappa shape index (κ3) is 19.1. The van der Waals surface area contributed by atoms with Crippen molar-refractivity contribution in [3.05, 3.63) is 12.2 Å². The molecule has 0 atom stereocenters. The van der Waals surface area contributed by atoms with E-state index in [9.17, 15) is 4.79 Å². The highest BCUT2D eigenvalue weighted by Gasteiger charge is 1.91. The molecule has 0 rings (SSSR count). The highest BCUT2D eigenvalue weighted by molar-refractivity contribution is 5.32. The molecule has 0 unspecified atom stereocenters. The second kappa shape index (κ2) is 19.1. The average Bonchev–Trinajstić information content (AvgIpc) is 2.50. The fraction of sp³-hybridized carbons (Fsp3) is 0.842. The predicted molar refractivity (Wildman–Crippen MR) is 92.4 cm³/mol. The Morgan fingerprint density at radius 3 is 1.71 bits per heavy atom. The second-order valence-corrected chi connectivity index (χ2v) is 5.91. The van der Waals surface area contributed by atoms with Crippen molar-refractivity contribution in [1.29, 1.82) is 0 Å². The van der Waals surface area contributed by atoms with Crippen LogP contribution in [0.2, 0.25) is 0 Å². The number of hydrogen-bond acceptors (Lipinski definition) is 2. The summed E-state index contributed by atoms with van der Waals surface area (Å²) in [6.45, 7) is 2.93. The van der Waals surface area contributed by atoms with Crippen LogP contribution in [0.25, 0.3) is 0 Å². The van der Waals surface area contributed by atoms with E-state index in [0.29, 0.717) is 6.54 Å². The molecular formula is C19H35NO. The minimum atomic E-state index is 0.657. The van der Waals surface area contributed by atoms with Gasteiger partial charge in [-0.05, 0) is 32.1 Å². The van der Waals surface area contributed by atoms with Crippen LogP contribution in [-0.4, -0.2) is 12.6 Å². The SMILES string of the molecule is CCCCCCCC/C=C/CCCCCCCCN=C=O. The molecule has 0 spiro atoms. The smallest absolute Gasteiger partial charge is 0.211 e. The predicted octanol–water partition coefficient (Wildman–Crippen LogP) is 6.36. The monoisotopic (exact) mass is 293 g/mol. The molecule has 2 nitrogen and oxygen atoms in total. The molecule has 0 saturated heterocycles. The van der Waals surface area contributed by atoms with E-state index in [-0.39, 0.29) is 0 Å². The van der Waals surface area contributed by atoms with E-state index in [2.05, 4.69) is 24.1 Å². The first-order valence-electron chi connectivity index (χ1n) is 9.10. The number of aliphatic imine (C=N–C) groups is 1. The van der Waals surface area contributed by atoms with Crippen LogP contribution in [-0.2, 0) is 4.79 Å². The van der Waals surface area contributed by atoms with E-state index in [1.807, 2.05) is 0 Å². The van der Waals surface area contributed by atoms with Crippen molar-refractivity contribution in [2.75, 3.05) is 6.54 Å². The molecule has 0 aliphatic rings. The van der Waals surface area contributed by atoms with Gasteiger partial charge in [0.15, 0.2) is 0 Å². The Kier molecular flexibility index (Phi) is 18.3. The Morgan fingerprint density at radius 2 is 1.19 bits per heavy atom. The van der Waals surface area contributed by atoms with E-state index >= 15 is 0 Å². The zero-order valence-corrected chi connectivity index (χ0v) is 14.1. The number of unbranched alkanes of at least 4 members (excludes halogenated alkanes) is 12. The maximum absolute atomic E-state index is 9.87. The van der Waals surface area contributed by atoms with Gasteiger partial charge in [-0.25, -0.2) is 9.79 Å². The van der Waals surface area contributed by atoms with Crippen LogP contribution in [0.1, 0.15) is 96.8 Å². The third-order valence-electron chi connectivity index (χ3n) is 3.85. The molecule has 0 N–H and O–H groups in total. The quantitative estimate of drug-likeness (QED) is 0.141. The van der Waals surface area contributed by atoms with Crippen molar-refractivity contribution in [2.45, 2.75) is 96.8 Å². The van der Waals surface area contributed by atoms with Crippen molar-refractivity contribution >= 4 is 6.08 Å². The lowest BCUT2D eigenvalue weighted by Crippen LogP contribution is -1.83. The van der Waals surface area contributed by atoms with E-state index in [0.717, 1.165) is 6.42 Å². The van der Waals surface area contributed by atoms with Gasteiger partial charge in [0.2, 0.25) is 6.08 Å². The van der Waals surface area contributed by atoms with E-state index in [1.54, 1.807) is 6.08 Å². The number of allylic oxidation sites excluding steroid dienone is 2.